The molecule has 0 N–H and O–H groups in total. The van der Waals surface area contributed by atoms with Crippen molar-refractivity contribution in [1.82, 2.24) is 0 Å². The summed E-state index contributed by atoms with van der Waals surface area (Å²) >= 11 is 0. The van der Waals surface area contributed by atoms with E-state index in [1.807, 2.05) is 0 Å². The Morgan fingerprint density at radius 3 is 0.577 bits per heavy atom. The van der Waals surface area contributed by atoms with E-state index in [1.165, 1.54) is 73.4 Å². The fraction of sp³-hybridized carbons (Fsp3) is 0.143. The maximum Gasteiger partial charge on any atom is 0.418 e. The summed E-state index contributed by atoms with van der Waals surface area (Å²) in [5.74, 6) is -24.2. The monoisotopic (exact) mass is 1210 g/mol. The third kappa shape index (κ3) is 13.4. The molecule has 0 radical (unpaired) electrons. The smallest absolute Gasteiger partial charge is 0.204 e. The Labute approximate surface area is 427 Å². The van der Waals surface area contributed by atoms with Crippen LogP contribution in [-0.2, 0) is 21.1 Å². The van der Waals surface area contributed by atoms with Crippen molar-refractivity contribution in [3.05, 3.63) is 240 Å². The van der Waals surface area contributed by atoms with Crippen molar-refractivity contribution in [2.75, 3.05) is 0 Å². The number of hydrogen-bond acceptors (Lipinski definition) is 0. The molecule has 0 aliphatic rings. The van der Waals surface area contributed by atoms with Crippen molar-refractivity contribution >= 4 is 72.8 Å². The fourth-order valence-electron chi connectivity index (χ4n) is 8.80. The zero-order valence-corrected chi connectivity index (χ0v) is 44.8. The van der Waals surface area contributed by atoms with Gasteiger partial charge < -0.3 is 0 Å². The molecule has 370 valence electrons. The van der Waals surface area contributed by atoms with Crippen LogP contribution >= 0.6 is 23.6 Å². The minimum atomic E-state index is -2.77. The Morgan fingerprint density at radius 1 is 0.268 bits per heavy atom. The predicted octanol–water partition coefficient (Wildman–Crippen LogP) is 12.3. The molecule has 8 rings (SSSR count). The largest absolute Gasteiger partial charge is 0.418 e. The first-order valence-electron chi connectivity index (χ1n) is 22.2. The normalized spacial score (nSPS) is 11.4. The molecule has 0 aliphatic heterocycles. The summed E-state index contributed by atoms with van der Waals surface area (Å²) in [7, 11) is -4.52. The van der Waals surface area contributed by atoms with E-state index >= 15 is 0 Å². The SMILES string of the molecule is CC(C)(C)[PH+](B(c1c(F)c(F)c(F)c(F)c1F)c1c(F)c(F)c(F)c(F)c1F)C(C)(C)C.[Pt].c1ccc([PH+](c2ccccc2)c2ccccc2)cc1.c1ccc([PH+](c2ccccc2)c2ccccc2)cc1. The minimum Gasteiger partial charge on any atom is -0.204 e. The van der Waals surface area contributed by atoms with Crippen molar-refractivity contribution in [3.8, 4) is 0 Å². The summed E-state index contributed by atoms with van der Waals surface area (Å²) in [5.41, 5.74) is -3.27. The van der Waals surface area contributed by atoms with Crippen LogP contribution in [0.3, 0.4) is 0 Å². The second-order valence-corrected chi connectivity index (χ2v) is 27.6. The van der Waals surface area contributed by atoms with E-state index in [9.17, 15) is 43.9 Å². The summed E-state index contributed by atoms with van der Waals surface area (Å²) in [6.45, 7) is 8.90. The maximum atomic E-state index is 14.8. The molecule has 0 saturated carbocycles. The minimum absolute atomic E-state index is 0. The van der Waals surface area contributed by atoms with Gasteiger partial charge in [0.1, 0.15) is 31.8 Å². The summed E-state index contributed by atoms with van der Waals surface area (Å²) in [4.78, 5) is 0. The maximum absolute atomic E-state index is 14.8. The number of hydrogen-bond donors (Lipinski definition) is 0. The Bertz CT molecular complexity index is 2520. The van der Waals surface area contributed by atoms with Gasteiger partial charge in [0, 0.05) is 32.0 Å². The average Bonchev–Trinajstić information content (AvgIpc) is 3.36. The Kier molecular flexibility index (Phi) is 20.2. The van der Waals surface area contributed by atoms with Gasteiger partial charge in [-0.2, -0.15) is 0 Å². The van der Waals surface area contributed by atoms with Gasteiger partial charge in [-0.25, -0.2) is 43.9 Å². The van der Waals surface area contributed by atoms with Crippen LogP contribution in [0.2, 0.25) is 0 Å². The molecule has 8 aromatic carbocycles. The molecule has 0 bridgehead atoms. The Morgan fingerprint density at radius 2 is 0.423 bits per heavy atom. The van der Waals surface area contributed by atoms with E-state index in [0.29, 0.717) is 0 Å². The molecular weight excluding hydrogens is 1160 g/mol. The van der Waals surface area contributed by atoms with Gasteiger partial charge in [-0.3, -0.25) is 0 Å². The quantitative estimate of drug-likeness (QED) is 0.0444. The fourth-order valence-corrected chi connectivity index (χ4v) is 19.0. The second-order valence-electron chi connectivity index (χ2n) is 18.3. The topological polar surface area (TPSA) is 0 Å². The van der Waals surface area contributed by atoms with Gasteiger partial charge in [-0.1, -0.05) is 109 Å². The van der Waals surface area contributed by atoms with Crippen molar-refractivity contribution < 1.29 is 65.0 Å². The van der Waals surface area contributed by atoms with Crippen LogP contribution in [0.1, 0.15) is 41.5 Å². The van der Waals surface area contributed by atoms with Crippen LogP contribution in [0.5, 0.6) is 0 Å². The van der Waals surface area contributed by atoms with E-state index in [-0.39, 0.29) is 21.1 Å². The van der Waals surface area contributed by atoms with Crippen molar-refractivity contribution in [2.45, 2.75) is 51.9 Å². The molecule has 0 fully saturated rings. The number of halogens is 10. The van der Waals surface area contributed by atoms with Crippen molar-refractivity contribution in [2.24, 2.45) is 0 Å². The third-order valence-corrected chi connectivity index (χ3v) is 21.2. The second kappa shape index (κ2) is 25.2. The zero-order valence-electron chi connectivity index (χ0n) is 39.5. The molecule has 0 amide bonds. The molecular formula is C56H51BF10P3Pt+3. The van der Waals surface area contributed by atoms with Crippen LogP contribution in [0.15, 0.2) is 182 Å². The Balaban J connectivity index is 0.000000207. The molecule has 0 aromatic heterocycles. The van der Waals surface area contributed by atoms with E-state index in [2.05, 4.69) is 182 Å². The van der Waals surface area contributed by atoms with E-state index in [4.69, 9.17) is 0 Å². The summed E-state index contributed by atoms with van der Waals surface area (Å²) in [6, 6.07) is 65.0. The molecule has 0 unspecified atom stereocenters. The van der Waals surface area contributed by atoms with E-state index < -0.39 is 109 Å². The molecule has 0 nitrogen and oxygen atoms in total. The summed E-state index contributed by atoms with van der Waals surface area (Å²) < 4.78 is 143. The molecule has 8 aromatic rings. The van der Waals surface area contributed by atoms with Crippen LogP contribution in [-0.4, -0.2) is 16.7 Å². The van der Waals surface area contributed by atoms with Crippen LogP contribution < -0.4 is 42.8 Å². The molecule has 0 aliphatic carbocycles. The zero-order chi connectivity index (χ0) is 50.9. The van der Waals surface area contributed by atoms with Crippen molar-refractivity contribution in [1.29, 1.82) is 0 Å². The summed E-state index contributed by atoms with van der Waals surface area (Å²) in [6.07, 6.45) is -2.32. The molecule has 0 saturated heterocycles. The average molecular weight is 1210 g/mol. The number of rotatable bonds is 9. The molecule has 15 heteroatoms. The van der Waals surface area contributed by atoms with E-state index in [1.54, 1.807) is 0 Å². The van der Waals surface area contributed by atoms with Gasteiger partial charge in [-0.05, 0) is 122 Å². The van der Waals surface area contributed by atoms with Crippen LogP contribution in [0.25, 0.3) is 0 Å². The van der Waals surface area contributed by atoms with Gasteiger partial charge in [0.15, 0.2) is 58.2 Å². The first kappa shape index (κ1) is 57.0. The number of benzene rings is 8. The molecule has 0 spiro atoms. The van der Waals surface area contributed by atoms with Crippen LogP contribution in [0, 0.1) is 58.2 Å². The Hall–Kier alpha value is -4.90. The van der Waals surface area contributed by atoms with Crippen LogP contribution in [0.4, 0.5) is 43.9 Å². The summed E-state index contributed by atoms with van der Waals surface area (Å²) in [5, 5.41) is 6.46. The third-order valence-electron chi connectivity index (χ3n) is 11.3. The van der Waals surface area contributed by atoms with Gasteiger partial charge in [0.25, 0.3) is 0 Å². The molecule has 71 heavy (non-hydrogen) atoms. The van der Waals surface area contributed by atoms with E-state index in [0.717, 1.165) is 0 Å². The van der Waals surface area contributed by atoms with Gasteiger partial charge in [-0.15, -0.1) is 0 Å². The first-order valence-corrected chi connectivity index (χ1v) is 26.8. The predicted molar refractivity (Wildman–Crippen MR) is 278 cm³/mol. The standard InChI is InChI=1S/C20H18BF10P.2C18H15P.Pt/c1-19(2,3)32(20(4,5)6)21(7-9(22)13(26)17(30)14(27)10(7)23)8-11(24)15(28)18(31)16(29)12(8)25;2*1-4-10-16(11-5-1)19(17-12-6-2-7-13-17)18-14-8-3-9-15-18;/h1-6H3;2*1-15H;/p+3. The molecule has 0 heterocycles. The van der Waals surface area contributed by atoms with Gasteiger partial charge in [0.05, 0.1) is 26.2 Å². The van der Waals surface area contributed by atoms with Gasteiger partial charge in [0.2, 0.25) is 0 Å². The first-order chi connectivity index (χ1) is 33.2. The van der Waals surface area contributed by atoms with Crippen molar-refractivity contribution in [3.63, 3.8) is 0 Å². The van der Waals surface area contributed by atoms with Gasteiger partial charge >= 0.3 is 6.43 Å². The molecule has 0 atom stereocenters.